The molecule has 0 aliphatic heterocycles. The summed E-state index contributed by atoms with van der Waals surface area (Å²) in [7, 11) is 0. The molecular formula is C21H13FN4O2S2. The third kappa shape index (κ3) is 3.38. The molecule has 6 nitrogen and oxygen atoms in total. The molecule has 30 heavy (non-hydrogen) atoms. The average Bonchev–Trinajstić information content (AvgIpc) is 3.38. The van der Waals surface area contributed by atoms with E-state index in [2.05, 4.69) is 15.3 Å². The van der Waals surface area contributed by atoms with Gasteiger partial charge in [-0.3, -0.25) is 14.2 Å². The summed E-state index contributed by atoms with van der Waals surface area (Å²) in [6.45, 7) is -0.222. The van der Waals surface area contributed by atoms with E-state index in [1.165, 1.54) is 40.4 Å². The molecule has 0 aliphatic rings. The molecule has 148 valence electrons. The standard InChI is InChI=1S/C21H13FN4O2S2/c22-12-3-1-4-13(9-12)24-17(27)10-26-11-23-18-14-6-7-15(16-5-2-8-29-16)25-20(14)30-19(18)21(26)28/h1-9,11H,10H2,(H,24,27). The molecule has 0 aliphatic carbocycles. The normalized spacial score (nSPS) is 11.2. The smallest absolute Gasteiger partial charge is 0.271 e. The van der Waals surface area contributed by atoms with Crippen LogP contribution in [0.15, 0.2) is 65.0 Å². The number of thiophene rings is 2. The van der Waals surface area contributed by atoms with E-state index < -0.39 is 11.7 Å². The number of carbonyl (C=O) groups excluding carboxylic acids is 1. The van der Waals surface area contributed by atoms with Crippen molar-refractivity contribution in [3.63, 3.8) is 0 Å². The van der Waals surface area contributed by atoms with Gasteiger partial charge in [-0.15, -0.1) is 22.7 Å². The Hall–Kier alpha value is -3.43. The second-order valence-corrected chi connectivity index (χ2v) is 8.49. The number of nitrogens with zero attached hydrogens (tertiary/aromatic N) is 3. The van der Waals surface area contributed by atoms with E-state index in [-0.39, 0.29) is 12.1 Å². The van der Waals surface area contributed by atoms with Gasteiger partial charge in [0.2, 0.25) is 5.91 Å². The molecule has 4 heterocycles. The van der Waals surface area contributed by atoms with Crippen LogP contribution in [-0.4, -0.2) is 20.4 Å². The van der Waals surface area contributed by atoms with E-state index >= 15 is 0 Å². The minimum atomic E-state index is -0.451. The van der Waals surface area contributed by atoms with Crippen molar-refractivity contribution < 1.29 is 9.18 Å². The lowest BCUT2D eigenvalue weighted by Crippen LogP contribution is -2.27. The Morgan fingerprint density at radius 3 is 2.87 bits per heavy atom. The topological polar surface area (TPSA) is 76.9 Å². The van der Waals surface area contributed by atoms with Gasteiger partial charge in [-0.25, -0.2) is 14.4 Å². The Kier molecular flexibility index (Phi) is 4.61. The number of fused-ring (bicyclic) bond motifs is 3. The Balaban J connectivity index is 1.48. The highest BCUT2D eigenvalue weighted by molar-refractivity contribution is 7.25. The van der Waals surface area contributed by atoms with E-state index in [4.69, 9.17) is 0 Å². The number of rotatable bonds is 4. The molecule has 0 radical (unpaired) electrons. The predicted octanol–water partition coefficient (Wildman–Crippen LogP) is 4.51. The SMILES string of the molecule is O=C(Cn1cnc2c(sc3nc(-c4cccs4)ccc32)c1=O)Nc1cccc(F)c1. The number of hydrogen-bond acceptors (Lipinski definition) is 6. The molecule has 9 heteroatoms. The highest BCUT2D eigenvalue weighted by Crippen LogP contribution is 2.32. The van der Waals surface area contributed by atoms with Crippen LogP contribution in [0.2, 0.25) is 0 Å². The average molecular weight is 436 g/mol. The molecule has 0 saturated heterocycles. The van der Waals surface area contributed by atoms with Gasteiger partial charge in [0.15, 0.2) is 0 Å². The number of aromatic nitrogens is 3. The molecule has 1 N–H and O–H groups in total. The third-order valence-corrected chi connectivity index (χ3v) is 6.48. The maximum Gasteiger partial charge on any atom is 0.271 e. The van der Waals surface area contributed by atoms with E-state index in [0.29, 0.717) is 15.9 Å². The highest BCUT2D eigenvalue weighted by atomic mass is 32.1. The van der Waals surface area contributed by atoms with Gasteiger partial charge < -0.3 is 5.32 Å². The summed E-state index contributed by atoms with van der Waals surface area (Å²) in [5.41, 5.74) is 1.44. The van der Waals surface area contributed by atoms with Crippen molar-refractivity contribution in [1.82, 2.24) is 14.5 Å². The number of anilines is 1. The fraction of sp³-hybridized carbons (Fsp3) is 0.0476. The number of halogens is 1. The van der Waals surface area contributed by atoms with Crippen LogP contribution in [0.5, 0.6) is 0 Å². The lowest BCUT2D eigenvalue weighted by atomic mass is 10.2. The minimum Gasteiger partial charge on any atom is -0.324 e. The van der Waals surface area contributed by atoms with Gasteiger partial charge >= 0.3 is 0 Å². The van der Waals surface area contributed by atoms with Crippen LogP contribution >= 0.6 is 22.7 Å². The molecule has 4 aromatic heterocycles. The number of amides is 1. The Morgan fingerprint density at radius 2 is 2.07 bits per heavy atom. The monoisotopic (exact) mass is 436 g/mol. The quantitative estimate of drug-likeness (QED) is 0.450. The van der Waals surface area contributed by atoms with Gasteiger partial charge in [-0.05, 0) is 41.8 Å². The highest BCUT2D eigenvalue weighted by Gasteiger charge is 2.15. The van der Waals surface area contributed by atoms with Crippen molar-refractivity contribution in [3.8, 4) is 10.6 Å². The number of pyridine rings is 1. The summed E-state index contributed by atoms with van der Waals surface area (Å²) < 4.78 is 15.0. The van der Waals surface area contributed by atoms with Crippen LogP contribution in [-0.2, 0) is 11.3 Å². The number of carbonyl (C=O) groups is 1. The molecular weight excluding hydrogens is 423 g/mol. The van der Waals surface area contributed by atoms with Crippen LogP contribution in [0.25, 0.3) is 31.0 Å². The summed E-state index contributed by atoms with van der Waals surface area (Å²) in [5, 5.41) is 5.38. The molecule has 0 atom stereocenters. The maximum atomic E-state index is 13.3. The van der Waals surface area contributed by atoms with Crippen LogP contribution in [0.3, 0.4) is 0 Å². The van der Waals surface area contributed by atoms with Crippen LogP contribution < -0.4 is 10.9 Å². The van der Waals surface area contributed by atoms with Crippen molar-refractivity contribution in [2.45, 2.75) is 6.54 Å². The summed E-state index contributed by atoms with van der Waals surface area (Å²) in [6.07, 6.45) is 1.36. The Morgan fingerprint density at radius 1 is 1.17 bits per heavy atom. The van der Waals surface area contributed by atoms with Crippen LogP contribution in [0.1, 0.15) is 0 Å². The summed E-state index contributed by atoms with van der Waals surface area (Å²) in [6, 6.07) is 13.4. The lowest BCUT2D eigenvalue weighted by molar-refractivity contribution is -0.116. The third-order valence-electron chi connectivity index (χ3n) is 4.51. The molecule has 5 aromatic rings. The fourth-order valence-electron chi connectivity index (χ4n) is 3.14. The van der Waals surface area contributed by atoms with Gasteiger partial charge in [0.1, 0.15) is 21.9 Å². The number of benzene rings is 1. The molecule has 0 saturated carbocycles. The fourth-order valence-corrected chi connectivity index (χ4v) is 4.92. The minimum absolute atomic E-state index is 0.222. The molecule has 0 fully saturated rings. The first-order valence-corrected chi connectivity index (χ1v) is 10.7. The molecule has 5 rings (SSSR count). The predicted molar refractivity (Wildman–Crippen MR) is 118 cm³/mol. The summed E-state index contributed by atoms with van der Waals surface area (Å²) >= 11 is 2.86. The molecule has 0 unspecified atom stereocenters. The zero-order valence-electron chi connectivity index (χ0n) is 15.3. The van der Waals surface area contributed by atoms with Gasteiger partial charge in [-0.2, -0.15) is 0 Å². The zero-order valence-corrected chi connectivity index (χ0v) is 17.0. The Bertz CT molecular complexity index is 1460. The summed E-state index contributed by atoms with van der Waals surface area (Å²) in [5.74, 6) is -0.893. The van der Waals surface area contributed by atoms with E-state index in [1.807, 2.05) is 29.6 Å². The molecule has 0 spiro atoms. The first-order chi connectivity index (χ1) is 14.6. The number of hydrogen-bond donors (Lipinski definition) is 1. The molecule has 1 amide bonds. The largest absolute Gasteiger partial charge is 0.324 e. The van der Waals surface area contributed by atoms with Gasteiger partial charge in [0.05, 0.1) is 22.4 Å². The van der Waals surface area contributed by atoms with E-state index in [1.54, 1.807) is 17.4 Å². The first-order valence-electron chi connectivity index (χ1n) is 8.96. The van der Waals surface area contributed by atoms with Crippen LogP contribution in [0, 0.1) is 5.82 Å². The van der Waals surface area contributed by atoms with Gasteiger partial charge in [0, 0.05) is 11.1 Å². The van der Waals surface area contributed by atoms with Gasteiger partial charge in [-0.1, -0.05) is 12.1 Å². The second-order valence-electron chi connectivity index (χ2n) is 6.54. The second kappa shape index (κ2) is 7.43. The van der Waals surface area contributed by atoms with Crippen molar-refractivity contribution in [1.29, 1.82) is 0 Å². The molecule has 1 aromatic carbocycles. The first kappa shape index (κ1) is 18.6. The Labute approximate surface area is 177 Å². The van der Waals surface area contributed by atoms with Crippen molar-refractivity contribution in [2.24, 2.45) is 0 Å². The zero-order chi connectivity index (χ0) is 20.7. The molecule has 0 bridgehead atoms. The maximum absolute atomic E-state index is 13.3. The van der Waals surface area contributed by atoms with Crippen molar-refractivity contribution >= 4 is 54.7 Å². The summed E-state index contributed by atoms with van der Waals surface area (Å²) in [4.78, 5) is 36.1. The number of nitrogens with one attached hydrogen (secondary N) is 1. The van der Waals surface area contributed by atoms with Crippen LogP contribution in [0.4, 0.5) is 10.1 Å². The van der Waals surface area contributed by atoms with Crippen molar-refractivity contribution in [2.75, 3.05) is 5.32 Å². The van der Waals surface area contributed by atoms with E-state index in [0.717, 1.165) is 20.8 Å². The van der Waals surface area contributed by atoms with Crippen molar-refractivity contribution in [3.05, 3.63) is 76.4 Å². The van der Waals surface area contributed by atoms with E-state index in [9.17, 15) is 14.0 Å². The van der Waals surface area contributed by atoms with Gasteiger partial charge in [0.25, 0.3) is 5.56 Å². The lowest BCUT2D eigenvalue weighted by Gasteiger charge is -2.07.